The van der Waals surface area contributed by atoms with Gasteiger partial charge in [0.05, 0.1) is 0 Å². The Morgan fingerprint density at radius 2 is 2.41 bits per heavy atom. The summed E-state index contributed by atoms with van der Waals surface area (Å²) in [5.74, 6) is -0.945. The predicted octanol–water partition coefficient (Wildman–Crippen LogP) is -0.124. The molecule has 1 rings (SSSR count). The van der Waals surface area contributed by atoms with Crippen molar-refractivity contribution in [2.24, 2.45) is 5.73 Å². The van der Waals surface area contributed by atoms with E-state index in [9.17, 15) is 9.59 Å². The molecule has 1 atom stereocenters. The average Bonchev–Trinajstić information content (AvgIpc) is 2.61. The van der Waals surface area contributed by atoms with Crippen LogP contribution in [0.25, 0.3) is 0 Å². The number of hydrogen-bond donors (Lipinski definition) is 3. The highest BCUT2D eigenvalue weighted by Gasteiger charge is 2.21. The first-order valence-electron chi connectivity index (χ1n) is 5.34. The summed E-state index contributed by atoms with van der Waals surface area (Å²) in [6, 6.07) is 0. The summed E-state index contributed by atoms with van der Waals surface area (Å²) >= 11 is 1.05. The minimum Gasteiger partial charge on any atom is -0.480 e. The van der Waals surface area contributed by atoms with Gasteiger partial charge in [0.1, 0.15) is 5.25 Å². The summed E-state index contributed by atoms with van der Waals surface area (Å²) in [4.78, 5) is 22.4. The number of hydrogen-bond acceptors (Lipinski definition) is 5. The van der Waals surface area contributed by atoms with Crippen molar-refractivity contribution in [3.8, 4) is 0 Å². The zero-order valence-electron chi connectivity index (χ0n) is 9.55. The largest absolute Gasteiger partial charge is 0.480 e. The third-order valence-corrected chi connectivity index (χ3v) is 3.37. The molecule has 0 amide bonds. The van der Waals surface area contributed by atoms with Crippen molar-refractivity contribution in [3.63, 3.8) is 0 Å². The summed E-state index contributed by atoms with van der Waals surface area (Å²) in [5, 5.41) is 14.9. The second-order valence-corrected chi connectivity index (χ2v) is 4.65. The maximum atomic E-state index is 11.4. The molecule has 0 bridgehead atoms. The molecule has 4 N–H and O–H groups in total. The molecule has 1 aromatic heterocycles. The molecular formula is C9H16N4O3S. The summed E-state index contributed by atoms with van der Waals surface area (Å²) in [6.07, 6.45) is 1.12. The van der Waals surface area contributed by atoms with Crippen LogP contribution in [0.2, 0.25) is 0 Å². The van der Waals surface area contributed by atoms with Gasteiger partial charge in [0.2, 0.25) is 0 Å². The molecule has 0 spiro atoms. The number of aromatic nitrogens is 3. The van der Waals surface area contributed by atoms with E-state index in [-0.39, 0.29) is 12.2 Å². The number of nitrogens with zero attached hydrogens (tertiary/aromatic N) is 2. The Kier molecular flexibility index (Phi) is 5.23. The van der Waals surface area contributed by atoms with Gasteiger partial charge in [0, 0.05) is 6.54 Å². The Morgan fingerprint density at radius 3 is 2.94 bits per heavy atom. The quantitative estimate of drug-likeness (QED) is 0.589. The third-order valence-electron chi connectivity index (χ3n) is 2.12. The number of rotatable bonds is 7. The van der Waals surface area contributed by atoms with Crippen LogP contribution in [0.5, 0.6) is 0 Å². The Morgan fingerprint density at radius 1 is 1.71 bits per heavy atom. The summed E-state index contributed by atoms with van der Waals surface area (Å²) < 4.78 is 1.44. The molecule has 0 aliphatic rings. The van der Waals surface area contributed by atoms with E-state index in [1.54, 1.807) is 0 Å². The highest BCUT2D eigenvalue weighted by molar-refractivity contribution is 8.00. The maximum Gasteiger partial charge on any atom is 0.343 e. The lowest BCUT2D eigenvalue weighted by molar-refractivity contribution is -0.136. The van der Waals surface area contributed by atoms with Crippen LogP contribution in [0, 0.1) is 0 Å². The maximum absolute atomic E-state index is 11.4. The van der Waals surface area contributed by atoms with E-state index < -0.39 is 11.2 Å². The lowest BCUT2D eigenvalue weighted by Crippen LogP contribution is -2.22. The minimum atomic E-state index is -0.945. The normalized spacial score (nSPS) is 12.6. The molecule has 0 radical (unpaired) electrons. The summed E-state index contributed by atoms with van der Waals surface area (Å²) in [5.41, 5.74) is 5.04. The zero-order valence-corrected chi connectivity index (χ0v) is 10.4. The van der Waals surface area contributed by atoms with Gasteiger partial charge in [-0.15, -0.1) is 5.10 Å². The number of thioether (sulfide) groups is 1. The molecule has 1 aromatic rings. The summed E-state index contributed by atoms with van der Waals surface area (Å²) in [6.45, 7) is 2.74. The molecule has 1 unspecified atom stereocenters. The first-order valence-corrected chi connectivity index (χ1v) is 6.22. The standard InChI is InChI=1S/C9H16N4O3S/c1-2-5-13-8(16)11-12-9(13)17-6(3-4-10)7(14)15/h6H,2-5,10H2,1H3,(H,11,16)(H,14,15). The number of aliphatic carboxylic acids is 1. The smallest absolute Gasteiger partial charge is 0.343 e. The first kappa shape index (κ1) is 13.8. The third kappa shape index (κ3) is 3.60. The fourth-order valence-electron chi connectivity index (χ4n) is 1.33. The van der Waals surface area contributed by atoms with Crippen molar-refractivity contribution in [2.45, 2.75) is 36.7 Å². The van der Waals surface area contributed by atoms with Crippen molar-refractivity contribution in [2.75, 3.05) is 6.54 Å². The van der Waals surface area contributed by atoms with Crippen LogP contribution in [0.3, 0.4) is 0 Å². The lowest BCUT2D eigenvalue weighted by Gasteiger charge is -2.10. The van der Waals surface area contributed by atoms with E-state index in [1.165, 1.54) is 4.57 Å². The van der Waals surface area contributed by atoms with E-state index in [4.69, 9.17) is 10.8 Å². The average molecular weight is 260 g/mol. The lowest BCUT2D eigenvalue weighted by atomic mass is 10.3. The van der Waals surface area contributed by atoms with Crippen LogP contribution in [0.1, 0.15) is 19.8 Å². The monoisotopic (exact) mass is 260 g/mol. The van der Waals surface area contributed by atoms with Crippen molar-refractivity contribution >= 4 is 17.7 Å². The number of carboxylic acids is 1. The molecule has 17 heavy (non-hydrogen) atoms. The molecule has 96 valence electrons. The van der Waals surface area contributed by atoms with Crippen molar-refractivity contribution in [1.82, 2.24) is 14.8 Å². The predicted molar refractivity (Wildman–Crippen MR) is 64.1 cm³/mol. The summed E-state index contributed by atoms with van der Waals surface area (Å²) in [7, 11) is 0. The number of carboxylic acid groups (broad SMARTS) is 1. The van der Waals surface area contributed by atoms with Crippen LogP contribution >= 0.6 is 11.8 Å². The highest BCUT2D eigenvalue weighted by atomic mass is 32.2. The van der Waals surface area contributed by atoms with Gasteiger partial charge in [0.15, 0.2) is 5.16 Å². The molecular weight excluding hydrogens is 244 g/mol. The van der Waals surface area contributed by atoms with Crippen LogP contribution < -0.4 is 11.4 Å². The van der Waals surface area contributed by atoms with Gasteiger partial charge in [-0.2, -0.15) is 0 Å². The van der Waals surface area contributed by atoms with Gasteiger partial charge in [0.25, 0.3) is 0 Å². The second kappa shape index (κ2) is 6.45. The fourth-order valence-corrected chi connectivity index (χ4v) is 2.33. The number of nitrogens with two attached hydrogens (primary N) is 1. The minimum absolute atomic E-state index is 0.284. The van der Waals surface area contributed by atoms with Crippen molar-refractivity contribution in [3.05, 3.63) is 10.5 Å². The number of H-pyrrole nitrogens is 1. The van der Waals surface area contributed by atoms with Gasteiger partial charge >= 0.3 is 11.7 Å². The van der Waals surface area contributed by atoms with Crippen LogP contribution in [0.4, 0.5) is 0 Å². The first-order chi connectivity index (χ1) is 8.10. The number of aromatic amines is 1. The van der Waals surface area contributed by atoms with Gasteiger partial charge < -0.3 is 10.8 Å². The SMILES string of the molecule is CCCn1c(SC(CCN)C(=O)O)n[nH]c1=O. The molecule has 1 heterocycles. The Hall–Kier alpha value is -1.28. The molecule has 7 nitrogen and oxygen atoms in total. The molecule has 0 saturated heterocycles. The fraction of sp³-hybridized carbons (Fsp3) is 0.667. The van der Waals surface area contributed by atoms with Gasteiger partial charge in [-0.3, -0.25) is 9.36 Å². The van der Waals surface area contributed by atoms with Crippen LogP contribution in [0.15, 0.2) is 9.95 Å². The van der Waals surface area contributed by atoms with E-state index >= 15 is 0 Å². The van der Waals surface area contributed by atoms with Crippen LogP contribution in [-0.2, 0) is 11.3 Å². The van der Waals surface area contributed by atoms with E-state index in [0.29, 0.717) is 18.1 Å². The highest BCUT2D eigenvalue weighted by Crippen LogP contribution is 2.22. The van der Waals surface area contributed by atoms with Crippen molar-refractivity contribution in [1.29, 1.82) is 0 Å². The van der Waals surface area contributed by atoms with Gasteiger partial charge in [-0.25, -0.2) is 9.89 Å². The van der Waals surface area contributed by atoms with Gasteiger partial charge in [-0.1, -0.05) is 18.7 Å². The Labute approximate surface area is 102 Å². The number of nitrogens with one attached hydrogen (secondary N) is 1. The number of carbonyl (C=O) groups is 1. The van der Waals surface area contributed by atoms with E-state index in [2.05, 4.69) is 10.2 Å². The van der Waals surface area contributed by atoms with Gasteiger partial charge in [-0.05, 0) is 19.4 Å². The Bertz CT molecular complexity index is 428. The molecule has 0 fully saturated rings. The van der Waals surface area contributed by atoms with E-state index in [1.807, 2.05) is 6.92 Å². The molecule has 0 aliphatic carbocycles. The van der Waals surface area contributed by atoms with E-state index in [0.717, 1.165) is 18.2 Å². The van der Waals surface area contributed by atoms with Crippen molar-refractivity contribution < 1.29 is 9.90 Å². The molecule has 0 aromatic carbocycles. The molecule has 8 heteroatoms. The Balaban J connectivity index is 2.85. The molecule has 0 saturated carbocycles. The molecule has 0 aliphatic heterocycles. The topological polar surface area (TPSA) is 114 Å². The second-order valence-electron chi connectivity index (χ2n) is 3.49. The zero-order chi connectivity index (χ0) is 12.8. The van der Waals surface area contributed by atoms with Crippen LogP contribution in [-0.4, -0.2) is 37.6 Å².